The molecule has 178 valence electrons. The lowest BCUT2D eigenvalue weighted by atomic mass is 10.2. The minimum atomic E-state index is -1.42. The number of carbonyl (C=O) groups excluding carboxylic acids is 2. The molecule has 0 heterocycles. The Bertz CT molecular complexity index is 1020. The minimum absolute atomic E-state index is 0.260. The van der Waals surface area contributed by atoms with Gasteiger partial charge in [-0.2, -0.15) is 10.2 Å². The van der Waals surface area contributed by atoms with Crippen molar-refractivity contribution in [3.8, 4) is 23.0 Å². The molecule has 2 aromatic rings. The van der Waals surface area contributed by atoms with Gasteiger partial charge in [-0.15, -0.1) is 0 Å². The average Bonchev–Trinajstić information content (AvgIpc) is 2.77. The minimum Gasteiger partial charge on any atom is -0.495 e. The quantitative estimate of drug-likeness (QED) is 0.324. The van der Waals surface area contributed by atoms with Crippen molar-refractivity contribution < 1.29 is 28.5 Å². The van der Waals surface area contributed by atoms with Crippen LogP contribution in [-0.2, 0) is 9.59 Å². The Labute approximate surface area is 202 Å². The van der Waals surface area contributed by atoms with Gasteiger partial charge in [0.15, 0.2) is 5.78 Å². The van der Waals surface area contributed by atoms with Gasteiger partial charge in [-0.05, 0) is 26.8 Å². The molecule has 1 amide bonds. The summed E-state index contributed by atoms with van der Waals surface area (Å²) in [6.45, 7) is 5.60. The van der Waals surface area contributed by atoms with Gasteiger partial charge in [0.25, 0.3) is 5.91 Å². The molecule has 0 aliphatic rings. The average molecular weight is 498 g/mol. The van der Waals surface area contributed by atoms with Crippen molar-refractivity contribution >= 4 is 46.3 Å². The zero-order chi connectivity index (χ0) is 24.5. The molecule has 0 bridgehead atoms. The van der Waals surface area contributed by atoms with Crippen molar-refractivity contribution in [3.63, 3.8) is 0 Å². The Morgan fingerprint density at radius 3 is 2.03 bits per heavy atom. The van der Waals surface area contributed by atoms with Gasteiger partial charge in [0.05, 0.1) is 43.8 Å². The van der Waals surface area contributed by atoms with E-state index in [1.165, 1.54) is 39.3 Å². The number of ether oxygens (including phenoxy) is 4. The summed E-state index contributed by atoms with van der Waals surface area (Å²) in [5, 5.41) is 11.1. The van der Waals surface area contributed by atoms with E-state index in [2.05, 4.69) is 15.5 Å². The maximum atomic E-state index is 12.9. The van der Waals surface area contributed by atoms with E-state index in [9.17, 15) is 9.59 Å². The maximum absolute atomic E-state index is 12.9. The lowest BCUT2D eigenvalue weighted by molar-refractivity contribution is -0.126. The number of nitrogens with one attached hydrogen (secondary N) is 1. The number of Topliss-reactive ketones (excluding diaryl/α,β-unsaturated/α-hetero) is 1. The Balaban J connectivity index is 2.33. The normalized spacial score (nSPS) is 11.7. The van der Waals surface area contributed by atoms with E-state index in [0.29, 0.717) is 36.2 Å². The number of methoxy groups -OCH3 is 2. The van der Waals surface area contributed by atoms with Gasteiger partial charge in [0.1, 0.15) is 28.0 Å². The number of nitrogens with zero attached hydrogens (tertiary/aromatic N) is 2. The zero-order valence-corrected chi connectivity index (χ0v) is 20.4. The van der Waals surface area contributed by atoms with Crippen molar-refractivity contribution in [1.29, 1.82) is 0 Å². The number of benzene rings is 2. The summed E-state index contributed by atoms with van der Waals surface area (Å²) in [5.41, 5.74) is 0.554. The van der Waals surface area contributed by atoms with Crippen LogP contribution < -0.4 is 24.3 Å². The summed E-state index contributed by atoms with van der Waals surface area (Å²) < 4.78 is 21.4. The molecule has 0 saturated heterocycles. The van der Waals surface area contributed by atoms with Crippen LogP contribution in [-0.4, -0.2) is 45.2 Å². The van der Waals surface area contributed by atoms with Gasteiger partial charge in [-0.3, -0.25) is 9.59 Å². The van der Waals surface area contributed by atoms with Crippen LogP contribution in [0.1, 0.15) is 20.8 Å². The molecule has 0 fully saturated rings. The number of carbonyl (C=O) groups is 2. The van der Waals surface area contributed by atoms with E-state index in [-0.39, 0.29) is 21.4 Å². The second kappa shape index (κ2) is 12.3. The van der Waals surface area contributed by atoms with Gasteiger partial charge in [0.2, 0.25) is 6.04 Å². The zero-order valence-electron chi connectivity index (χ0n) is 18.9. The topological polar surface area (TPSA) is 108 Å². The molecule has 0 radical (unpaired) electrons. The number of ketones is 1. The largest absolute Gasteiger partial charge is 0.495 e. The van der Waals surface area contributed by atoms with Crippen LogP contribution in [0.5, 0.6) is 23.0 Å². The van der Waals surface area contributed by atoms with Crippen molar-refractivity contribution in [3.05, 3.63) is 34.3 Å². The van der Waals surface area contributed by atoms with E-state index in [1.807, 2.05) is 6.92 Å². The molecular formula is C22H25Cl2N3O6. The number of amides is 1. The molecule has 1 N–H and O–H groups in total. The Morgan fingerprint density at radius 2 is 1.52 bits per heavy atom. The highest BCUT2D eigenvalue weighted by Gasteiger charge is 2.25. The number of hydrogen-bond acceptors (Lipinski definition) is 8. The van der Waals surface area contributed by atoms with Crippen LogP contribution in [0.3, 0.4) is 0 Å². The number of halogens is 2. The first-order valence-electron chi connectivity index (χ1n) is 9.98. The predicted octanol–water partition coefficient (Wildman–Crippen LogP) is 5.49. The Hall–Kier alpha value is -3.04. The fourth-order valence-electron chi connectivity index (χ4n) is 2.73. The van der Waals surface area contributed by atoms with E-state index >= 15 is 0 Å². The smallest absolute Gasteiger partial charge is 0.258 e. The van der Waals surface area contributed by atoms with Gasteiger partial charge in [-0.25, -0.2) is 0 Å². The summed E-state index contributed by atoms with van der Waals surface area (Å²) in [5.74, 6) is 0.136. The Kier molecular flexibility index (Phi) is 9.74. The lowest BCUT2D eigenvalue weighted by Gasteiger charge is -2.16. The van der Waals surface area contributed by atoms with Gasteiger partial charge in [-0.1, -0.05) is 23.2 Å². The van der Waals surface area contributed by atoms with Crippen molar-refractivity contribution in [1.82, 2.24) is 0 Å². The van der Waals surface area contributed by atoms with Crippen LogP contribution in [0.25, 0.3) is 0 Å². The van der Waals surface area contributed by atoms with Crippen LogP contribution in [0.2, 0.25) is 10.0 Å². The van der Waals surface area contributed by atoms with Crippen LogP contribution in [0.15, 0.2) is 34.5 Å². The molecule has 1 atom stereocenters. The monoisotopic (exact) mass is 497 g/mol. The first-order valence-corrected chi connectivity index (χ1v) is 10.7. The lowest BCUT2D eigenvalue weighted by Crippen LogP contribution is -2.32. The molecule has 0 aromatic heterocycles. The number of rotatable bonds is 11. The predicted molar refractivity (Wildman–Crippen MR) is 126 cm³/mol. The Morgan fingerprint density at radius 1 is 0.939 bits per heavy atom. The molecule has 1 unspecified atom stereocenters. The van der Waals surface area contributed by atoms with E-state index in [0.717, 1.165) is 0 Å². The first kappa shape index (κ1) is 26.2. The molecule has 11 heteroatoms. The van der Waals surface area contributed by atoms with Crippen molar-refractivity contribution in [2.24, 2.45) is 10.2 Å². The van der Waals surface area contributed by atoms with Crippen LogP contribution in [0.4, 0.5) is 11.4 Å². The highest BCUT2D eigenvalue weighted by atomic mass is 35.5. The van der Waals surface area contributed by atoms with Crippen molar-refractivity contribution in [2.45, 2.75) is 26.8 Å². The number of hydrogen-bond donors (Lipinski definition) is 1. The highest BCUT2D eigenvalue weighted by Crippen LogP contribution is 2.39. The summed E-state index contributed by atoms with van der Waals surface area (Å²) in [4.78, 5) is 25.0. The molecule has 0 spiro atoms. The molecule has 0 aliphatic carbocycles. The van der Waals surface area contributed by atoms with Crippen molar-refractivity contribution in [2.75, 3.05) is 32.8 Å². The number of azo groups is 1. The summed E-state index contributed by atoms with van der Waals surface area (Å²) in [7, 11) is 2.87. The standard InChI is InChI=1S/C22H25Cl2N3O6/c1-6-32-16-11-17(33-7-2)15(10-14(16)23)25-22(29)21(12(3)28)27-26-13-8-18(30-4)20(24)19(9-13)31-5/h8-11,21H,6-7H2,1-5H3,(H,25,29). The maximum Gasteiger partial charge on any atom is 0.258 e. The fourth-order valence-corrected chi connectivity index (χ4v) is 3.21. The molecule has 0 saturated carbocycles. The van der Waals surface area contributed by atoms with Crippen LogP contribution >= 0.6 is 23.2 Å². The summed E-state index contributed by atoms with van der Waals surface area (Å²) >= 11 is 12.4. The SMILES string of the molecule is CCOc1cc(OCC)c(NC(=O)C(N=Nc2cc(OC)c(Cl)c(OC)c2)C(C)=O)cc1Cl. The third-order valence-corrected chi connectivity index (χ3v) is 4.91. The number of anilines is 1. The molecule has 2 rings (SSSR count). The molecular weight excluding hydrogens is 473 g/mol. The second-order valence-electron chi connectivity index (χ2n) is 6.53. The summed E-state index contributed by atoms with van der Waals surface area (Å²) in [6, 6.07) is 4.64. The highest BCUT2D eigenvalue weighted by molar-refractivity contribution is 6.33. The van der Waals surface area contributed by atoms with Crippen LogP contribution in [0, 0.1) is 0 Å². The van der Waals surface area contributed by atoms with Gasteiger partial charge < -0.3 is 24.3 Å². The first-order chi connectivity index (χ1) is 15.7. The van der Waals surface area contributed by atoms with E-state index in [4.69, 9.17) is 42.1 Å². The van der Waals surface area contributed by atoms with Gasteiger partial charge in [0, 0.05) is 18.2 Å². The fraction of sp³-hybridized carbons (Fsp3) is 0.364. The van der Waals surface area contributed by atoms with E-state index < -0.39 is 17.7 Å². The molecule has 2 aromatic carbocycles. The van der Waals surface area contributed by atoms with Gasteiger partial charge >= 0.3 is 0 Å². The third-order valence-electron chi connectivity index (χ3n) is 4.24. The third kappa shape index (κ3) is 6.72. The second-order valence-corrected chi connectivity index (χ2v) is 7.31. The molecule has 0 aliphatic heterocycles. The molecule has 33 heavy (non-hydrogen) atoms. The summed E-state index contributed by atoms with van der Waals surface area (Å²) in [6.07, 6.45) is 0. The molecule has 9 nitrogen and oxygen atoms in total. The van der Waals surface area contributed by atoms with E-state index in [1.54, 1.807) is 13.0 Å².